The summed E-state index contributed by atoms with van der Waals surface area (Å²) in [5, 5.41) is 0. The fourth-order valence-corrected chi connectivity index (χ4v) is 3.02. The van der Waals surface area contributed by atoms with Crippen LogP contribution in [-0.2, 0) is 10.8 Å². The van der Waals surface area contributed by atoms with Crippen molar-refractivity contribution in [2.75, 3.05) is 6.26 Å². The molecule has 0 aliphatic heterocycles. The van der Waals surface area contributed by atoms with E-state index >= 15 is 0 Å². The Bertz CT molecular complexity index is 736. The van der Waals surface area contributed by atoms with Gasteiger partial charge in [-0.15, -0.1) is 0 Å². The predicted octanol–water partition coefficient (Wildman–Crippen LogP) is 4.38. The fourth-order valence-electron chi connectivity index (χ4n) is 2.51. The molecule has 20 heavy (non-hydrogen) atoms. The molecule has 0 radical (unpaired) electrons. The largest absolute Gasteiger partial charge is 0.255 e. The maximum absolute atomic E-state index is 11.4. The van der Waals surface area contributed by atoms with Gasteiger partial charge in [-0.25, -0.2) is 0 Å². The van der Waals surface area contributed by atoms with Crippen LogP contribution < -0.4 is 0 Å². The Morgan fingerprint density at radius 1 is 1.00 bits per heavy atom. The van der Waals surface area contributed by atoms with Gasteiger partial charge in [-0.2, -0.15) is 0 Å². The monoisotopic (exact) mass is 280 g/mol. The van der Waals surface area contributed by atoms with Crippen LogP contribution in [0.4, 0.5) is 0 Å². The summed E-state index contributed by atoms with van der Waals surface area (Å²) in [7, 11) is -0.916. The van der Waals surface area contributed by atoms with Crippen molar-refractivity contribution in [3.8, 4) is 0 Å². The second kappa shape index (κ2) is 5.22. The lowest BCUT2D eigenvalue weighted by Crippen LogP contribution is -1.87. The summed E-state index contributed by atoms with van der Waals surface area (Å²) in [6.45, 7) is 2.14. The average Bonchev–Trinajstić information content (AvgIpc) is 2.76. The van der Waals surface area contributed by atoms with Gasteiger partial charge in [-0.05, 0) is 53.0 Å². The maximum atomic E-state index is 11.4. The number of hydrogen-bond acceptors (Lipinski definition) is 1. The zero-order valence-electron chi connectivity index (χ0n) is 11.6. The van der Waals surface area contributed by atoms with E-state index < -0.39 is 10.8 Å². The fraction of sp³-hybridized carbons (Fsp3) is 0.111. The van der Waals surface area contributed by atoms with Gasteiger partial charge < -0.3 is 0 Å². The molecule has 0 bridgehead atoms. The molecule has 0 fully saturated rings. The summed E-state index contributed by atoms with van der Waals surface area (Å²) < 4.78 is 11.4. The second-order valence-electron chi connectivity index (χ2n) is 5.00. The molecule has 0 N–H and O–H groups in total. The van der Waals surface area contributed by atoms with E-state index in [-0.39, 0.29) is 0 Å². The van der Waals surface area contributed by atoms with Gasteiger partial charge >= 0.3 is 0 Å². The molecular weight excluding hydrogens is 264 g/mol. The summed E-state index contributed by atoms with van der Waals surface area (Å²) in [6.07, 6.45) is 6.12. The predicted molar refractivity (Wildman–Crippen MR) is 86.7 cm³/mol. The van der Waals surface area contributed by atoms with E-state index in [9.17, 15) is 4.21 Å². The second-order valence-corrected chi connectivity index (χ2v) is 6.38. The lowest BCUT2D eigenvalue weighted by Gasteiger charge is -2.04. The van der Waals surface area contributed by atoms with Crippen LogP contribution in [0.2, 0.25) is 0 Å². The molecule has 100 valence electrons. The van der Waals surface area contributed by atoms with Crippen LogP contribution in [0.15, 0.2) is 59.0 Å². The van der Waals surface area contributed by atoms with Crippen molar-refractivity contribution < 1.29 is 4.21 Å². The first-order valence-corrected chi connectivity index (χ1v) is 8.14. The lowest BCUT2D eigenvalue weighted by molar-refractivity contribution is 0.687. The van der Waals surface area contributed by atoms with Gasteiger partial charge in [0.25, 0.3) is 0 Å². The molecule has 1 nitrogen and oxygen atoms in total. The standard InChI is InChI=1S/C18H16OS/c1-13-11-15-5-3-4-6-17(15)18(13)12-14-7-9-16(10-8-14)20(2)19/h3-12H,1-2H3/b18-12-. The Morgan fingerprint density at radius 3 is 2.40 bits per heavy atom. The van der Waals surface area contributed by atoms with Gasteiger partial charge in [0.1, 0.15) is 0 Å². The van der Waals surface area contributed by atoms with E-state index in [0.29, 0.717) is 0 Å². The van der Waals surface area contributed by atoms with Crippen LogP contribution in [0.1, 0.15) is 23.6 Å². The van der Waals surface area contributed by atoms with Crippen molar-refractivity contribution in [1.29, 1.82) is 0 Å². The maximum Gasteiger partial charge on any atom is 0.0498 e. The topological polar surface area (TPSA) is 17.1 Å². The molecule has 1 atom stereocenters. The van der Waals surface area contributed by atoms with Gasteiger partial charge in [0.05, 0.1) is 0 Å². The highest BCUT2D eigenvalue weighted by Crippen LogP contribution is 2.36. The molecule has 2 heteroatoms. The quantitative estimate of drug-likeness (QED) is 0.797. The Morgan fingerprint density at radius 2 is 1.70 bits per heavy atom. The summed E-state index contributed by atoms with van der Waals surface area (Å²) in [6, 6.07) is 16.4. The first-order valence-electron chi connectivity index (χ1n) is 6.58. The van der Waals surface area contributed by atoms with Gasteiger partial charge in [0, 0.05) is 22.0 Å². The highest BCUT2D eigenvalue weighted by molar-refractivity contribution is 7.84. The first-order chi connectivity index (χ1) is 9.65. The Hall–Kier alpha value is -1.93. The van der Waals surface area contributed by atoms with E-state index in [1.54, 1.807) is 6.26 Å². The molecule has 0 spiro atoms. The normalized spacial score (nSPS) is 16.9. The number of allylic oxidation sites excluding steroid dienone is 2. The van der Waals surface area contributed by atoms with E-state index in [4.69, 9.17) is 0 Å². The lowest BCUT2D eigenvalue weighted by atomic mass is 10.0. The summed E-state index contributed by atoms with van der Waals surface area (Å²) in [4.78, 5) is 0.867. The van der Waals surface area contributed by atoms with Gasteiger partial charge in [0.15, 0.2) is 0 Å². The van der Waals surface area contributed by atoms with E-state index in [1.165, 1.54) is 22.3 Å². The number of hydrogen-bond donors (Lipinski definition) is 0. The average molecular weight is 280 g/mol. The third-order valence-corrected chi connectivity index (χ3v) is 4.51. The zero-order chi connectivity index (χ0) is 14.1. The van der Waals surface area contributed by atoms with Gasteiger partial charge in [-0.1, -0.05) is 42.5 Å². The number of rotatable bonds is 2. The Balaban J connectivity index is 2.01. The molecule has 0 amide bonds. The Kier molecular flexibility index (Phi) is 3.41. The molecule has 3 rings (SSSR count). The minimum Gasteiger partial charge on any atom is -0.255 e. The van der Waals surface area contributed by atoms with Gasteiger partial charge in [0.2, 0.25) is 0 Å². The molecule has 1 aliphatic carbocycles. The minimum absolute atomic E-state index is 0.867. The SMILES string of the molecule is CC1=Cc2ccccc2/C1=C\c1ccc(S(C)=O)cc1. The third kappa shape index (κ3) is 2.39. The van der Waals surface area contributed by atoms with Crippen molar-refractivity contribution in [3.05, 3.63) is 70.8 Å². The zero-order valence-corrected chi connectivity index (χ0v) is 12.4. The van der Waals surface area contributed by atoms with Crippen molar-refractivity contribution in [2.24, 2.45) is 0 Å². The molecule has 1 unspecified atom stereocenters. The molecule has 0 heterocycles. The summed E-state index contributed by atoms with van der Waals surface area (Å²) in [5.74, 6) is 0. The molecule has 2 aromatic rings. The molecular formula is C18H16OS. The number of fused-ring (bicyclic) bond motifs is 1. The van der Waals surface area contributed by atoms with Crippen LogP contribution in [0.25, 0.3) is 17.7 Å². The molecule has 2 aromatic carbocycles. The molecule has 0 saturated heterocycles. The van der Waals surface area contributed by atoms with Crippen molar-refractivity contribution >= 4 is 28.5 Å². The highest BCUT2D eigenvalue weighted by atomic mass is 32.2. The minimum atomic E-state index is -0.916. The molecule has 0 saturated carbocycles. The van der Waals surface area contributed by atoms with Crippen molar-refractivity contribution in [3.63, 3.8) is 0 Å². The van der Waals surface area contributed by atoms with E-state index in [0.717, 1.165) is 10.5 Å². The number of benzene rings is 2. The van der Waals surface area contributed by atoms with Crippen molar-refractivity contribution in [1.82, 2.24) is 0 Å². The third-order valence-electron chi connectivity index (χ3n) is 3.57. The summed E-state index contributed by atoms with van der Waals surface area (Å²) in [5.41, 5.74) is 6.26. The smallest absolute Gasteiger partial charge is 0.0498 e. The van der Waals surface area contributed by atoms with Crippen LogP contribution >= 0.6 is 0 Å². The van der Waals surface area contributed by atoms with Crippen molar-refractivity contribution in [2.45, 2.75) is 11.8 Å². The van der Waals surface area contributed by atoms with E-state index in [2.05, 4.69) is 43.3 Å². The first kappa shape index (κ1) is 13.1. The summed E-state index contributed by atoms with van der Waals surface area (Å²) >= 11 is 0. The molecule has 1 aliphatic rings. The molecule has 0 aromatic heterocycles. The van der Waals surface area contributed by atoms with Crippen LogP contribution in [0.5, 0.6) is 0 Å². The highest BCUT2D eigenvalue weighted by Gasteiger charge is 2.14. The van der Waals surface area contributed by atoms with Crippen LogP contribution in [-0.4, -0.2) is 10.5 Å². The Labute approximate surface area is 122 Å². The van der Waals surface area contributed by atoms with Crippen LogP contribution in [0, 0.1) is 0 Å². The van der Waals surface area contributed by atoms with Gasteiger partial charge in [-0.3, -0.25) is 4.21 Å². The van der Waals surface area contributed by atoms with Crippen LogP contribution in [0.3, 0.4) is 0 Å². The van der Waals surface area contributed by atoms with E-state index in [1.807, 2.05) is 24.3 Å².